The fourth-order valence-corrected chi connectivity index (χ4v) is 5.15. The first-order valence-corrected chi connectivity index (χ1v) is 8.06. The molecule has 3 aliphatic carbocycles. The van der Waals surface area contributed by atoms with E-state index in [0.29, 0.717) is 23.5 Å². The standard InChI is InChI=1S/C19H22O/c1-2-12-3-5-14-13(11-12)4-6-16-15(14)7-8-18-17(16)9-10-19(18)20/h2-3,5,11,15-18H,1,4,6-10H2/t15-,16-,17+,18+/m1/s1. The predicted octanol–water partition coefficient (Wildman–Crippen LogP) is 4.36. The summed E-state index contributed by atoms with van der Waals surface area (Å²) in [7, 11) is 0. The normalized spacial score (nSPS) is 35.1. The molecule has 2 saturated carbocycles. The van der Waals surface area contributed by atoms with Gasteiger partial charge in [-0.3, -0.25) is 4.79 Å². The highest BCUT2D eigenvalue weighted by Gasteiger charge is 2.47. The molecule has 4 rings (SSSR count). The van der Waals surface area contributed by atoms with Crippen molar-refractivity contribution < 1.29 is 4.79 Å². The van der Waals surface area contributed by atoms with Gasteiger partial charge in [-0.2, -0.15) is 0 Å². The van der Waals surface area contributed by atoms with Crippen LogP contribution in [-0.2, 0) is 11.2 Å². The lowest BCUT2D eigenvalue weighted by atomic mass is 9.61. The van der Waals surface area contributed by atoms with Crippen LogP contribution < -0.4 is 0 Å². The van der Waals surface area contributed by atoms with Crippen molar-refractivity contribution in [2.24, 2.45) is 17.8 Å². The number of hydrogen-bond acceptors (Lipinski definition) is 1. The number of hydrogen-bond donors (Lipinski definition) is 0. The van der Waals surface area contributed by atoms with E-state index < -0.39 is 0 Å². The minimum absolute atomic E-state index is 0.408. The van der Waals surface area contributed by atoms with E-state index in [1.165, 1.54) is 30.4 Å². The summed E-state index contributed by atoms with van der Waals surface area (Å²) in [5.74, 6) is 3.13. The summed E-state index contributed by atoms with van der Waals surface area (Å²) >= 11 is 0. The van der Waals surface area contributed by atoms with Gasteiger partial charge in [0.25, 0.3) is 0 Å². The molecule has 0 heterocycles. The molecule has 0 aliphatic heterocycles. The van der Waals surface area contributed by atoms with Crippen molar-refractivity contribution in [3.8, 4) is 0 Å². The summed E-state index contributed by atoms with van der Waals surface area (Å²) in [5.41, 5.74) is 4.35. The van der Waals surface area contributed by atoms with Crippen LogP contribution in [0.5, 0.6) is 0 Å². The molecule has 4 atom stereocenters. The van der Waals surface area contributed by atoms with Crippen molar-refractivity contribution in [3.63, 3.8) is 0 Å². The largest absolute Gasteiger partial charge is 0.299 e. The highest BCUT2D eigenvalue weighted by atomic mass is 16.1. The highest BCUT2D eigenvalue weighted by Crippen LogP contribution is 2.54. The zero-order valence-electron chi connectivity index (χ0n) is 12.0. The summed E-state index contributed by atoms with van der Waals surface area (Å²) in [6, 6.07) is 6.87. The first-order chi connectivity index (χ1) is 9.78. The van der Waals surface area contributed by atoms with E-state index in [1.54, 1.807) is 5.56 Å². The number of benzene rings is 1. The molecule has 0 aromatic heterocycles. The van der Waals surface area contributed by atoms with E-state index in [9.17, 15) is 4.79 Å². The Kier molecular flexibility index (Phi) is 2.83. The molecule has 3 aliphatic rings. The first kappa shape index (κ1) is 12.4. The van der Waals surface area contributed by atoms with E-state index in [1.807, 2.05) is 6.08 Å². The number of carbonyl (C=O) groups is 1. The van der Waals surface area contributed by atoms with Gasteiger partial charge < -0.3 is 0 Å². The second-order valence-electron chi connectivity index (χ2n) is 6.82. The zero-order chi connectivity index (χ0) is 13.7. The molecular formula is C19H22O. The monoisotopic (exact) mass is 266 g/mol. The molecule has 20 heavy (non-hydrogen) atoms. The van der Waals surface area contributed by atoms with Crippen LogP contribution in [0.25, 0.3) is 6.08 Å². The number of carbonyl (C=O) groups excluding carboxylic acids is 1. The minimum atomic E-state index is 0.408. The third-order valence-corrected chi connectivity index (χ3v) is 6.06. The third-order valence-electron chi connectivity index (χ3n) is 6.06. The van der Waals surface area contributed by atoms with Crippen molar-refractivity contribution in [1.29, 1.82) is 0 Å². The van der Waals surface area contributed by atoms with Crippen LogP contribution in [0, 0.1) is 17.8 Å². The topological polar surface area (TPSA) is 17.1 Å². The lowest BCUT2D eigenvalue weighted by Gasteiger charge is -2.43. The third kappa shape index (κ3) is 1.72. The van der Waals surface area contributed by atoms with Gasteiger partial charge in [-0.1, -0.05) is 30.9 Å². The molecule has 0 spiro atoms. The SMILES string of the molecule is C=Cc1ccc2c(c1)CC[C@H]1[C@@H]3CCC(=O)[C@H]3CC[C@H]21. The van der Waals surface area contributed by atoms with Crippen LogP contribution in [0.15, 0.2) is 24.8 Å². The fraction of sp³-hybridized carbons (Fsp3) is 0.526. The van der Waals surface area contributed by atoms with Gasteiger partial charge in [0.1, 0.15) is 5.78 Å². The lowest BCUT2D eigenvalue weighted by Crippen LogP contribution is -2.35. The Morgan fingerprint density at radius 2 is 1.75 bits per heavy atom. The van der Waals surface area contributed by atoms with Gasteiger partial charge in [0.15, 0.2) is 0 Å². The first-order valence-electron chi connectivity index (χ1n) is 8.06. The van der Waals surface area contributed by atoms with Gasteiger partial charge in [0.05, 0.1) is 0 Å². The molecule has 0 radical (unpaired) electrons. The Labute approximate surface area is 121 Å². The Balaban J connectivity index is 1.69. The Bertz CT molecular complexity index is 571. The van der Waals surface area contributed by atoms with E-state index in [2.05, 4.69) is 24.8 Å². The van der Waals surface area contributed by atoms with Crippen LogP contribution in [0.4, 0.5) is 0 Å². The summed E-state index contributed by atoms with van der Waals surface area (Å²) in [5, 5.41) is 0. The smallest absolute Gasteiger partial charge is 0.136 e. The molecular weight excluding hydrogens is 244 g/mol. The quantitative estimate of drug-likeness (QED) is 0.738. The van der Waals surface area contributed by atoms with Crippen molar-refractivity contribution in [2.45, 2.75) is 44.4 Å². The molecule has 0 amide bonds. The summed E-state index contributed by atoms with van der Waals surface area (Å²) < 4.78 is 0. The average molecular weight is 266 g/mol. The Hall–Kier alpha value is -1.37. The molecule has 1 aromatic carbocycles. The zero-order valence-corrected chi connectivity index (χ0v) is 12.0. The second kappa shape index (κ2) is 4.58. The van der Waals surface area contributed by atoms with Gasteiger partial charge in [-0.15, -0.1) is 0 Å². The summed E-state index contributed by atoms with van der Waals surface area (Å²) in [6.07, 6.45) is 8.78. The van der Waals surface area contributed by atoms with E-state index in [0.717, 1.165) is 25.2 Å². The van der Waals surface area contributed by atoms with Gasteiger partial charge >= 0.3 is 0 Å². The Morgan fingerprint density at radius 3 is 2.60 bits per heavy atom. The van der Waals surface area contributed by atoms with Crippen LogP contribution >= 0.6 is 0 Å². The van der Waals surface area contributed by atoms with Gasteiger partial charge in [-0.05, 0) is 66.5 Å². The number of rotatable bonds is 1. The molecule has 1 aromatic rings. The molecule has 0 bridgehead atoms. The predicted molar refractivity (Wildman–Crippen MR) is 81.5 cm³/mol. The highest BCUT2D eigenvalue weighted by molar-refractivity contribution is 5.83. The van der Waals surface area contributed by atoms with E-state index >= 15 is 0 Å². The molecule has 0 N–H and O–H groups in total. The maximum absolute atomic E-state index is 12.0. The van der Waals surface area contributed by atoms with Crippen LogP contribution in [0.3, 0.4) is 0 Å². The minimum Gasteiger partial charge on any atom is -0.299 e. The van der Waals surface area contributed by atoms with E-state index in [4.69, 9.17) is 0 Å². The molecule has 2 fully saturated rings. The van der Waals surface area contributed by atoms with Gasteiger partial charge in [-0.25, -0.2) is 0 Å². The van der Waals surface area contributed by atoms with Crippen LogP contribution in [0.2, 0.25) is 0 Å². The maximum Gasteiger partial charge on any atom is 0.136 e. The summed E-state index contributed by atoms with van der Waals surface area (Å²) in [6.45, 7) is 3.88. The molecule has 1 nitrogen and oxygen atoms in total. The average Bonchev–Trinajstić information content (AvgIpc) is 2.88. The molecule has 0 unspecified atom stereocenters. The maximum atomic E-state index is 12.0. The van der Waals surface area contributed by atoms with Gasteiger partial charge in [0, 0.05) is 12.3 Å². The number of aryl methyl sites for hydroxylation is 1. The van der Waals surface area contributed by atoms with Crippen LogP contribution in [-0.4, -0.2) is 5.78 Å². The molecule has 1 heteroatoms. The van der Waals surface area contributed by atoms with Crippen molar-refractivity contribution in [3.05, 3.63) is 41.5 Å². The van der Waals surface area contributed by atoms with Crippen molar-refractivity contribution in [2.75, 3.05) is 0 Å². The van der Waals surface area contributed by atoms with Gasteiger partial charge in [0.2, 0.25) is 0 Å². The summed E-state index contributed by atoms with van der Waals surface area (Å²) in [4.78, 5) is 12.0. The lowest BCUT2D eigenvalue weighted by molar-refractivity contribution is -0.122. The fourth-order valence-electron chi connectivity index (χ4n) is 5.15. The number of Topliss-reactive ketones (excluding diaryl/α,β-unsaturated/α-hetero) is 1. The molecule has 0 saturated heterocycles. The second-order valence-corrected chi connectivity index (χ2v) is 6.82. The number of fused-ring (bicyclic) bond motifs is 5. The van der Waals surface area contributed by atoms with Crippen molar-refractivity contribution in [1.82, 2.24) is 0 Å². The van der Waals surface area contributed by atoms with Crippen molar-refractivity contribution >= 4 is 11.9 Å². The molecule has 104 valence electrons. The Morgan fingerprint density at radius 1 is 1.00 bits per heavy atom. The van der Waals surface area contributed by atoms with Crippen LogP contribution in [0.1, 0.15) is 54.7 Å². The van der Waals surface area contributed by atoms with E-state index in [-0.39, 0.29) is 0 Å². The number of ketones is 1.